The van der Waals surface area contributed by atoms with Crippen molar-refractivity contribution in [1.82, 2.24) is 4.98 Å². The normalized spacial score (nSPS) is 17.6. The molecule has 0 atom stereocenters. The quantitative estimate of drug-likeness (QED) is 0.397. The minimum atomic E-state index is -3.71. The van der Waals surface area contributed by atoms with E-state index in [0.717, 1.165) is 18.4 Å². The second kappa shape index (κ2) is 9.00. The molecule has 1 aromatic carbocycles. The summed E-state index contributed by atoms with van der Waals surface area (Å²) in [5.74, 6) is -0.167. The van der Waals surface area contributed by atoms with Crippen LogP contribution in [-0.2, 0) is 15.0 Å². The number of benzene rings is 1. The van der Waals surface area contributed by atoms with E-state index in [1.54, 1.807) is 12.1 Å². The van der Waals surface area contributed by atoms with Gasteiger partial charge in [0.2, 0.25) is 5.91 Å². The highest BCUT2D eigenvalue weighted by molar-refractivity contribution is 6.01. The third-order valence-electron chi connectivity index (χ3n) is 5.76. The van der Waals surface area contributed by atoms with Crippen molar-refractivity contribution in [3.05, 3.63) is 65.4 Å². The van der Waals surface area contributed by atoms with Crippen molar-refractivity contribution in [1.29, 1.82) is 0 Å². The van der Waals surface area contributed by atoms with Crippen molar-refractivity contribution in [2.45, 2.75) is 58.2 Å². The highest BCUT2D eigenvalue weighted by atomic mass is 19.3. The molecule has 0 unspecified atom stereocenters. The number of pyridine rings is 1. The van der Waals surface area contributed by atoms with Crippen LogP contribution in [-0.4, -0.2) is 23.0 Å². The van der Waals surface area contributed by atoms with Crippen LogP contribution in [0.5, 0.6) is 11.5 Å². The first-order valence-corrected chi connectivity index (χ1v) is 11.2. The lowest BCUT2D eigenvalue weighted by atomic mass is 9.94. The monoisotopic (exact) mass is 468 g/mol. The van der Waals surface area contributed by atoms with Crippen molar-refractivity contribution >= 4 is 23.1 Å². The molecule has 1 N–H and O–H groups in total. The minimum absolute atomic E-state index is 0.0594. The Morgan fingerprint density at radius 2 is 1.88 bits per heavy atom. The molecule has 2 heterocycles. The van der Waals surface area contributed by atoms with Crippen LogP contribution < -0.4 is 14.8 Å². The maximum atomic E-state index is 13.4. The molecule has 1 fully saturated rings. The number of carbonyl (C=O) groups excluding carboxylic acids is 2. The maximum absolute atomic E-state index is 13.4. The van der Waals surface area contributed by atoms with Gasteiger partial charge in [0.1, 0.15) is 5.82 Å². The molecule has 34 heavy (non-hydrogen) atoms. The number of hydrogen-bond acceptors (Lipinski definition) is 5. The van der Waals surface area contributed by atoms with Crippen LogP contribution in [0.3, 0.4) is 0 Å². The van der Waals surface area contributed by atoms with E-state index in [1.807, 2.05) is 25.1 Å². The second-order valence-electron chi connectivity index (χ2n) is 8.68. The molecule has 0 bridgehead atoms. The van der Waals surface area contributed by atoms with Gasteiger partial charge in [-0.3, -0.25) is 9.59 Å². The van der Waals surface area contributed by atoms with Crippen LogP contribution in [0.25, 0.3) is 5.57 Å². The molecule has 0 spiro atoms. The number of anilines is 1. The molecular weight excluding hydrogens is 442 g/mol. The number of nitrogens with one attached hydrogen (secondary N) is 1. The first-order valence-electron chi connectivity index (χ1n) is 11.2. The Morgan fingerprint density at radius 1 is 1.15 bits per heavy atom. The molecular formula is C26H26F2N2O4. The van der Waals surface area contributed by atoms with Crippen molar-refractivity contribution in [2.75, 3.05) is 5.32 Å². The average molecular weight is 469 g/mol. The first-order chi connectivity index (χ1) is 16.1. The largest absolute Gasteiger partial charge is 0.586 e. The van der Waals surface area contributed by atoms with Crippen LogP contribution in [0.2, 0.25) is 0 Å². The van der Waals surface area contributed by atoms with Gasteiger partial charge in [0.15, 0.2) is 17.3 Å². The lowest BCUT2D eigenvalue weighted by Gasteiger charge is -2.17. The van der Waals surface area contributed by atoms with Gasteiger partial charge in [-0.2, -0.15) is 0 Å². The van der Waals surface area contributed by atoms with E-state index in [2.05, 4.69) is 26.7 Å². The fourth-order valence-corrected chi connectivity index (χ4v) is 3.94. The number of ether oxygens (including phenoxy) is 2. The Balaban J connectivity index is 1.58. The van der Waals surface area contributed by atoms with E-state index in [4.69, 9.17) is 0 Å². The average Bonchev–Trinajstić information content (AvgIpc) is 3.49. The Kier molecular flexibility index (Phi) is 6.25. The van der Waals surface area contributed by atoms with Gasteiger partial charge in [0, 0.05) is 5.57 Å². The molecule has 1 aliphatic heterocycles. The van der Waals surface area contributed by atoms with Gasteiger partial charge < -0.3 is 14.8 Å². The summed E-state index contributed by atoms with van der Waals surface area (Å²) in [4.78, 5) is 29.6. The number of aromatic nitrogens is 1. The molecule has 8 heteroatoms. The van der Waals surface area contributed by atoms with E-state index in [-0.39, 0.29) is 23.2 Å². The van der Waals surface area contributed by atoms with Gasteiger partial charge >= 0.3 is 6.29 Å². The number of alkyl halides is 2. The highest BCUT2D eigenvalue weighted by Crippen LogP contribution is 2.52. The van der Waals surface area contributed by atoms with Crippen LogP contribution in [0.4, 0.5) is 14.6 Å². The summed E-state index contributed by atoms with van der Waals surface area (Å²) >= 11 is 0. The smallest absolute Gasteiger partial charge is 0.395 e. The van der Waals surface area contributed by atoms with Crippen molar-refractivity contribution in [3.8, 4) is 11.5 Å². The Labute approximate surface area is 196 Å². The number of allylic oxidation sites excluding steroid dienone is 4. The Morgan fingerprint density at radius 3 is 2.56 bits per heavy atom. The van der Waals surface area contributed by atoms with Crippen LogP contribution >= 0.6 is 0 Å². The van der Waals surface area contributed by atoms with Crippen LogP contribution in [0.15, 0.2) is 48.6 Å². The number of aryl methyl sites for hydroxylation is 1. The fraction of sp³-hybridized carbons (Fsp3) is 0.346. The van der Waals surface area contributed by atoms with E-state index in [1.165, 1.54) is 25.1 Å². The fourth-order valence-electron chi connectivity index (χ4n) is 3.94. The topological polar surface area (TPSA) is 77.5 Å². The number of rotatable bonds is 8. The predicted octanol–water partition coefficient (Wildman–Crippen LogP) is 5.71. The third-order valence-corrected chi connectivity index (χ3v) is 5.76. The number of halogens is 2. The summed E-state index contributed by atoms with van der Waals surface area (Å²) in [6.07, 6.45) is 4.65. The summed E-state index contributed by atoms with van der Waals surface area (Å²) in [7, 11) is 0. The lowest BCUT2D eigenvalue weighted by molar-refractivity contribution is -0.286. The maximum Gasteiger partial charge on any atom is 0.586 e. The number of amides is 1. The lowest BCUT2D eigenvalue weighted by Crippen LogP contribution is -2.28. The van der Waals surface area contributed by atoms with Gasteiger partial charge in [0.25, 0.3) is 0 Å². The second-order valence-corrected chi connectivity index (χ2v) is 8.68. The molecule has 1 saturated carbocycles. The number of nitrogens with zero attached hydrogens (tertiary/aromatic N) is 1. The highest BCUT2D eigenvalue weighted by Gasteiger charge is 2.53. The van der Waals surface area contributed by atoms with Crippen molar-refractivity contribution in [2.24, 2.45) is 0 Å². The summed E-state index contributed by atoms with van der Waals surface area (Å²) < 4.78 is 35.8. The van der Waals surface area contributed by atoms with E-state index in [9.17, 15) is 18.4 Å². The van der Waals surface area contributed by atoms with E-state index >= 15 is 0 Å². The molecule has 1 amide bonds. The summed E-state index contributed by atoms with van der Waals surface area (Å²) in [5, 5.41) is 2.88. The zero-order valence-corrected chi connectivity index (χ0v) is 19.3. The molecule has 0 radical (unpaired) electrons. The van der Waals surface area contributed by atoms with E-state index < -0.39 is 11.7 Å². The van der Waals surface area contributed by atoms with Gasteiger partial charge in [-0.25, -0.2) is 4.98 Å². The minimum Gasteiger partial charge on any atom is -0.395 e. The summed E-state index contributed by atoms with van der Waals surface area (Å²) in [5.41, 5.74) is 1.85. The zero-order chi connectivity index (χ0) is 24.5. The molecule has 178 valence electrons. The molecule has 6 nitrogen and oxygen atoms in total. The Hall–Kier alpha value is -3.55. The van der Waals surface area contributed by atoms with Crippen LogP contribution in [0, 0.1) is 6.92 Å². The first kappa shape index (κ1) is 23.6. The van der Waals surface area contributed by atoms with E-state index in [0.29, 0.717) is 35.5 Å². The zero-order valence-electron chi connectivity index (χ0n) is 19.3. The molecule has 4 rings (SSSR count). The van der Waals surface area contributed by atoms with Crippen molar-refractivity contribution < 1.29 is 27.8 Å². The molecule has 1 aliphatic carbocycles. The predicted molar refractivity (Wildman–Crippen MR) is 124 cm³/mol. The van der Waals surface area contributed by atoms with Gasteiger partial charge in [-0.15, -0.1) is 8.78 Å². The number of carbonyl (C=O) groups is 2. The number of hydrogen-bond donors (Lipinski definition) is 1. The van der Waals surface area contributed by atoms with Gasteiger partial charge in [-0.05, 0) is 74.6 Å². The molecule has 0 saturated heterocycles. The number of ketones is 1. The molecule has 2 aromatic rings. The van der Waals surface area contributed by atoms with Crippen LogP contribution in [0.1, 0.15) is 56.4 Å². The Bertz CT molecular complexity index is 1200. The number of unbranched alkanes of at least 4 members (excludes halogenated alkanes) is 1. The summed E-state index contributed by atoms with van der Waals surface area (Å²) in [6.45, 7) is 5.42. The SMILES string of the molecule is CCC/C=C\C(=C/C(C)=O)c1cc(C)cc(NC(=O)C2(c3ccc4c(c3)OC(F)(F)O4)CC2)n1. The molecule has 1 aromatic heterocycles. The van der Waals surface area contributed by atoms with Gasteiger partial charge in [-0.1, -0.05) is 31.6 Å². The number of fused-ring (bicyclic) bond motifs is 1. The third kappa shape index (κ3) is 5.00. The van der Waals surface area contributed by atoms with Crippen molar-refractivity contribution in [3.63, 3.8) is 0 Å². The van der Waals surface area contributed by atoms with Gasteiger partial charge in [0.05, 0.1) is 11.1 Å². The molecule has 2 aliphatic rings. The standard InChI is InChI=1S/C26H26F2N2O4/c1-4-5-6-7-18(14-17(3)31)20-12-16(2)13-23(29-20)30-24(32)25(10-11-25)19-8-9-21-22(15-19)34-26(27,28)33-21/h6-9,12-15H,4-5,10-11H2,1-3H3,(H,29,30,32)/b7-6-,18-14+. The summed E-state index contributed by atoms with van der Waals surface area (Å²) in [6, 6.07) is 8.04.